The average molecular weight is 200 g/mol. The van der Waals surface area contributed by atoms with Crippen molar-refractivity contribution in [2.24, 2.45) is 0 Å². The SMILES string of the molecule is CC(=O)c1cc(-c2ccncc2)[nH]c1C. The summed E-state index contributed by atoms with van der Waals surface area (Å²) in [5.74, 6) is 0.0871. The van der Waals surface area contributed by atoms with Gasteiger partial charge in [0.15, 0.2) is 5.78 Å². The van der Waals surface area contributed by atoms with Gasteiger partial charge in [0.05, 0.1) is 0 Å². The number of Topliss-reactive ketones (excluding diaryl/α,β-unsaturated/α-hetero) is 1. The van der Waals surface area contributed by atoms with Crippen LogP contribution in [0.1, 0.15) is 23.0 Å². The van der Waals surface area contributed by atoms with Crippen LogP contribution in [0.25, 0.3) is 11.3 Å². The second-order valence-corrected chi connectivity index (χ2v) is 3.51. The van der Waals surface area contributed by atoms with Crippen LogP contribution in [0.4, 0.5) is 0 Å². The van der Waals surface area contributed by atoms with Gasteiger partial charge in [-0.1, -0.05) is 0 Å². The molecule has 0 aliphatic rings. The Labute approximate surface area is 88.2 Å². The number of nitrogens with one attached hydrogen (secondary N) is 1. The van der Waals surface area contributed by atoms with E-state index >= 15 is 0 Å². The van der Waals surface area contributed by atoms with Crippen LogP contribution in [-0.4, -0.2) is 15.8 Å². The maximum atomic E-state index is 11.3. The molecule has 0 spiro atoms. The van der Waals surface area contributed by atoms with E-state index < -0.39 is 0 Å². The lowest BCUT2D eigenvalue weighted by molar-refractivity contribution is 0.101. The van der Waals surface area contributed by atoms with Gasteiger partial charge in [-0.05, 0) is 32.0 Å². The van der Waals surface area contributed by atoms with Crippen LogP contribution in [-0.2, 0) is 0 Å². The zero-order valence-corrected chi connectivity index (χ0v) is 8.74. The van der Waals surface area contributed by atoms with Crippen LogP contribution in [0.15, 0.2) is 30.6 Å². The van der Waals surface area contributed by atoms with Crippen molar-refractivity contribution in [3.8, 4) is 11.3 Å². The fourth-order valence-electron chi connectivity index (χ4n) is 1.61. The van der Waals surface area contributed by atoms with Crippen molar-refractivity contribution in [2.45, 2.75) is 13.8 Å². The molecule has 2 aromatic rings. The van der Waals surface area contributed by atoms with Crippen molar-refractivity contribution in [1.29, 1.82) is 0 Å². The van der Waals surface area contributed by atoms with E-state index in [9.17, 15) is 4.79 Å². The maximum Gasteiger partial charge on any atom is 0.161 e. The molecule has 2 rings (SSSR count). The quantitative estimate of drug-likeness (QED) is 0.757. The van der Waals surface area contributed by atoms with Crippen molar-refractivity contribution in [1.82, 2.24) is 9.97 Å². The molecule has 0 amide bonds. The van der Waals surface area contributed by atoms with Gasteiger partial charge in [-0.25, -0.2) is 0 Å². The van der Waals surface area contributed by atoms with Gasteiger partial charge in [0.25, 0.3) is 0 Å². The summed E-state index contributed by atoms with van der Waals surface area (Å²) in [4.78, 5) is 18.4. The minimum atomic E-state index is 0.0871. The number of ketones is 1. The van der Waals surface area contributed by atoms with Crippen molar-refractivity contribution >= 4 is 5.78 Å². The normalized spacial score (nSPS) is 10.3. The van der Waals surface area contributed by atoms with Crippen LogP contribution >= 0.6 is 0 Å². The van der Waals surface area contributed by atoms with E-state index in [0.29, 0.717) is 0 Å². The molecule has 0 atom stereocenters. The number of nitrogens with zero attached hydrogens (tertiary/aromatic N) is 1. The topological polar surface area (TPSA) is 45.8 Å². The van der Waals surface area contributed by atoms with E-state index in [1.807, 2.05) is 25.1 Å². The van der Waals surface area contributed by atoms with Gasteiger partial charge in [-0.2, -0.15) is 0 Å². The summed E-state index contributed by atoms with van der Waals surface area (Å²) < 4.78 is 0. The minimum absolute atomic E-state index is 0.0871. The second-order valence-electron chi connectivity index (χ2n) is 3.51. The number of rotatable bonds is 2. The van der Waals surface area contributed by atoms with E-state index in [0.717, 1.165) is 22.5 Å². The third-order valence-corrected chi connectivity index (χ3v) is 2.39. The van der Waals surface area contributed by atoms with Crippen LogP contribution in [0.3, 0.4) is 0 Å². The number of carbonyl (C=O) groups is 1. The number of carbonyl (C=O) groups excluding carboxylic acids is 1. The largest absolute Gasteiger partial charge is 0.358 e. The van der Waals surface area contributed by atoms with Crippen LogP contribution in [0.2, 0.25) is 0 Å². The summed E-state index contributed by atoms with van der Waals surface area (Å²) in [6.45, 7) is 3.48. The molecule has 2 aromatic heterocycles. The molecule has 1 N–H and O–H groups in total. The zero-order valence-electron chi connectivity index (χ0n) is 8.74. The van der Waals surface area contributed by atoms with E-state index in [2.05, 4.69) is 9.97 Å². The molecule has 0 radical (unpaired) electrons. The number of hydrogen-bond acceptors (Lipinski definition) is 2. The molecule has 0 unspecified atom stereocenters. The molecule has 0 aromatic carbocycles. The van der Waals surface area contributed by atoms with E-state index in [4.69, 9.17) is 0 Å². The van der Waals surface area contributed by atoms with E-state index in [1.165, 1.54) is 0 Å². The van der Waals surface area contributed by atoms with Gasteiger partial charge in [-0.3, -0.25) is 9.78 Å². The fourth-order valence-corrected chi connectivity index (χ4v) is 1.61. The van der Waals surface area contributed by atoms with Crippen LogP contribution in [0.5, 0.6) is 0 Å². The van der Waals surface area contributed by atoms with Crippen LogP contribution < -0.4 is 0 Å². The first-order valence-electron chi connectivity index (χ1n) is 4.79. The van der Waals surface area contributed by atoms with Crippen molar-refractivity contribution < 1.29 is 4.79 Å². The molecular weight excluding hydrogens is 188 g/mol. The Morgan fingerprint density at radius 2 is 2.00 bits per heavy atom. The molecule has 0 fully saturated rings. The third kappa shape index (κ3) is 1.81. The van der Waals surface area contributed by atoms with Gasteiger partial charge in [-0.15, -0.1) is 0 Å². The van der Waals surface area contributed by atoms with Gasteiger partial charge < -0.3 is 4.98 Å². The molecule has 0 saturated heterocycles. The number of hydrogen-bond donors (Lipinski definition) is 1. The average Bonchev–Trinajstić information content (AvgIpc) is 2.62. The molecule has 0 bridgehead atoms. The number of aromatic amines is 1. The molecule has 0 aliphatic heterocycles. The Kier molecular flexibility index (Phi) is 2.37. The first kappa shape index (κ1) is 9.65. The predicted octanol–water partition coefficient (Wildman–Crippen LogP) is 2.59. The highest BCUT2D eigenvalue weighted by molar-refractivity contribution is 5.96. The lowest BCUT2D eigenvalue weighted by atomic mass is 10.1. The Hall–Kier alpha value is -1.90. The smallest absolute Gasteiger partial charge is 0.161 e. The highest BCUT2D eigenvalue weighted by Gasteiger charge is 2.09. The molecule has 3 heteroatoms. The number of aryl methyl sites for hydroxylation is 1. The Balaban J connectivity index is 2.48. The number of aromatic nitrogens is 2. The summed E-state index contributed by atoms with van der Waals surface area (Å²) in [6.07, 6.45) is 3.47. The van der Waals surface area contributed by atoms with Gasteiger partial charge in [0.2, 0.25) is 0 Å². The summed E-state index contributed by atoms with van der Waals surface area (Å²) in [7, 11) is 0. The Morgan fingerprint density at radius 1 is 1.33 bits per heavy atom. The molecular formula is C12H12N2O. The zero-order chi connectivity index (χ0) is 10.8. The monoisotopic (exact) mass is 200 g/mol. The standard InChI is InChI=1S/C12H12N2O/c1-8-11(9(2)15)7-12(14-8)10-3-5-13-6-4-10/h3-7,14H,1-2H3. The summed E-state index contributed by atoms with van der Waals surface area (Å²) in [6, 6.07) is 5.71. The highest BCUT2D eigenvalue weighted by atomic mass is 16.1. The van der Waals surface area contributed by atoms with Gasteiger partial charge in [0, 0.05) is 34.9 Å². The molecule has 3 nitrogen and oxygen atoms in total. The van der Waals surface area contributed by atoms with Crippen molar-refractivity contribution in [3.05, 3.63) is 41.9 Å². The fraction of sp³-hybridized carbons (Fsp3) is 0.167. The number of pyridine rings is 1. The summed E-state index contributed by atoms with van der Waals surface area (Å²) in [5.41, 5.74) is 3.66. The maximum absolute atomic E-state index is 11.3. The number of H-pyrrole nitrogens is 1. The Bertz CT molecular complexity index is 486. The van der Waals surface area contributed by atoms with Gasteiger partial charge >= 0.3 is 0 Å². The lowest BCUT2D eigenvalue weighted by Gasteiger charge is -1.94. The molecule has 0 saturated carbocycles. The highest BCUT2D eigenvalue weighted by Crippen LogP contribution is 2.21. The molecule has 0 aliphatic carbocycles. The van der Waals surface area contributed by atoms with Crippen molar-refractivity contribution in [2.75, 3.05) is 0 Å². The molecule has 15 heavy (non-hydrogen) atoms. The summed E-state index contributed by atoms with van der Waals surface area (Å²) in [5, 5.41) is 0. The lowest BCUT2D eigenvalue weighted by Crippen LogP contribution is -1.90. The Morgan fingerprint density at radius 3 is 2.53 bits per heavy atom. The first-order valence-corrected chi connectivity index (χ1v) is 4.79. The van der Waals surface area contributed by atoms with Gasteiger partial charge in [0.1, 0.15) is 0 Å². The third-order valence-electron chi connectivity index (χ3n) is 2.39. The van der Waals surface area contributed by atoms with E-state index in [1.54, 1.807) is 19.3 Å². The minimum Gasteiger partial charge on any atom is -0.358 e. The van der Waals surface area contributed by atoms with E-state index in [-0.39, 0.29) is 5.78 Å². The molecule has 2 heterocycles. The molecule has 76 valence electrons. The van der Waals surface area contributed by atoms with Crippen LogP contribution in [0, 0.1) is 6.92 Å². The second kappa shape index (κ2) is 3.69. The summed E-state index contributed by atoms with van der Waals surface area (Å²) >= 11 is 0. The first-order chi connectivity index (χ1) is 7.18. The van der Waals surface area contributed by atoms with Crippen molar-refractivity contribution in [3.63, 3.8) is 0 Å². The predicted molar refractivity (Wildman–Crippen MR) is 58.8 cm³/mol.